The summed E-state index contributed by atoms with van der Waals surface area (Å²) in [6, 6.07) is 8.44. The van der Waals surface area contributed by atoms with Crippen LogP contribution in [0.5, 0.6) is 0 Å². The highest BCUT2D eigenvalue weighted by Crippen LogP contribution is 2.10. The molecule has 21 heavy (non-hydrogen) atoms. The Morgan fingerprint density at radius 3 is 2.71 bits per heavy atom. The third kappa shape index (κ3) is 3.70. The van der Waals surface area contributed by atoms with E-state index in [-0.39, 0.29) is 29.8 Å². The lowest BCUT2D eigenvalue weighted by molar-refractivity contribution is 0.0903. The molecule has 1 aromatic heterocycles. The maximum Gasteiger partial charge on any atom is 0.268 e. The highest BCUT2D eigenvalue weighted by atomic mass is 16.3. The van der Waals surface area contributed by atoms with Gasteiger partial charge in [0.15, 0.2) is 0 Å². The summed E-state index contributed by atoms with van der Waals surface area (Å²) >= 11 is 0. The fourth-order valence-electron chi connectivity index (χ4n) is 2.34. The maximum absolute atomic E-state index is 12.2. The zero-order valence-corrected chi connectivity index (χ0v) is 12.2. The zero-order chi connectivity index (χ0) is 15.4. The van der Waals surface area contributed by atoms with Gasteiger partial charge >= 0.3 is 0 Å². The monoisotopic (exact) mass is 288 g/mol. The van der Waals surface area contributed by atoms with Gasteiger partial charge in [0.1, 0.15) is 5.69 Å². The number of nitrogens with one attached hydrogen (secondary N) is 2. The van der Waals surface area contributed by atoms with Crippen LogP contribution in [0, 0.1) is 5.92 Å². The molecule has 1 heterocycles. The van der Waals surface area contributed by atoms with Crippen LogP contribution in [-0.4, -0.2) is 28.6 Å². The number of H-pyrrole nitrogens is 1. The van der Waals surface area contributed by atoms with Gasteiger partial charge in [0.05, 0.1) is 12.6 Å². The maximum atomic E-state index is 12.2. The van der Waals surface area contributed by atoms with Crippen LogP contribution in [0.4, 0.5) is 0 Å². The summed E-state index contributed by atoms with van der Waals surface area (Å²) in [7, 11) is 0. The Morgan fingerprint density at radius 2 is 2.05 bits per heavy atom. The first-order chi connectivity index (χ1) is 10.0. The van der Waals surface area contributed by atoms with Crippen LogP contribution < -0.4 is 10.9 Å². The second-order valence-corrected chi connectivity index (χ2v) is 5.58. The van der Waals surface area contributed by atoms with E-state index in [0.717, 1.165) is 5.39 Å². The topological polar surface area (TPSA) is 82.2 Å². The van der Waals surface area contributed by atoms with Crippen LogP contribution >= 0.6 is 0 Å². The van der Waals surface area contributed by atoms with Gasteiger partial charge in [-0.25, -0.2) is 0 Å². The first-order valence-corrected chi connectivity index (χ1v) is 7.05. The van der Waals surface area contributed by atoms with Crippen molar-refractivity contribution in [1.82, 2.24) is 10.3 Å². The summed E-state index contributed by atoms with van der Waals surface area (Å²) in [6.45, 7) is 3.92. The third-order valence-electron chi connectivity index (χ3n) is 3.31. The van der Waals surface area contributed by atoms with E-state index in [1.807, 2.05) is 19.9 Å². The first-order valence-electron chi connectivity index (χ1n) is 7.05. The summed E-state index contributed by atoms with van der Waals surface area (Å²) in [4.78, 5) is 26.7. The number of aliphatic hydroxyl groups is 1. The molecule has 112 valence electrons. The molecule has 0 bridgehead atoms. The van der Waals surface area contributed by atoms with E-state index < -0.39 is 0 Å². The third-order valence-corrected chi connectivity index (χ3v) is 3.31. The predicted molar refractivity (Wildman–Crippen MR) is 82.4 cm³/mol. The van der Waals surface area contributed by atoms with Crippen molar-refractivity contribution in [2.24, 2.45) is 5.92 Å². The normalized spacial score (nSPS) is 12.6. The van der Waals surface area contributed by atoms with Crippen molar-refractivity contribution in [3.05, 3.63) is 46.4 Å². The molecule has 0 radical (unpaired) electrons. The SMILES string of the molecule is CC(C)CC(CO)NC(=O)c1cc2ccccc2c(=O)[nH]1. The largest absolute Gasteiger partial charge is 0.394 e. The van der Waals surface area contributed by atoms with Crippen molar-refractivity contribution in [1.29, 1.82) is 0 Å². The molecule has 0 spiro atoms. The molecule has 0 aliphatic carbocycles. The Morgan fingerprint density at radius 1 is 1.33 bits per heavy atom. The van der Waals surface area contributed by atoms with Gasteiger partial charge in [-0.15, -0.1) is 0 Å². The van der Waals surface area contributed by atoms with Crippen molar-refractivity contribution in [3.8, 4) is 0 Å². The van der Waals surface area contributed by atoms with Crippen molar-refractivity contribution >= 4 is 16.7 Å². The highest BCUT2D eigenvalue weighted by molar-refractivity contribution is 5.96. The molecule has 2 rings (SSSR count). The number of hydrogen-bond acceptors (Lipinski definition) is 3. The van der Waals surface area contributed by atoms with Gasteiger partial charge in [0.25, 0.3) is 11.5 Å². The summed E-state index contributed by atoms with van der Waals surface area (Å²) in [5, 5.41) is 13.3. The minimum atomic E-state index is -0.377. The van der Waals surface area contributed by atoms with Crippen molar-refractivity contribution in [2.75, 3.05) is 6.61 Å². The Labute approximate surface area is 123 Å². The molecule has 2 aromatic rings. The Balaban J connectivity index is 2.25. The molecule has 1 amide bonds. The summed E-state index contributed by atoms with van der Waals surface area (Å²) in [6.07, 6.45) is 0.681. The van der Waals surface area contributed by atoms with Gasteiger partial charge in [0.2, 0.25) is 0 Å². The second-order valence-electron chi connectivity index (χ2n) is 5.58. The number of carbonyl (C=O) groups is 1. The molecule has 1 unspecified atom stereocenters. The number of aromatic amines is 1. The summed E-state index contributed by atoms with van der Waals surface area (Å²) in [5.74, 6) is -0.0179. The van der Waals surface area contributed by atoms with Crippen molar-refractivity contribution in [3.63, 3.8) is 0 Å². The van der Waals surface area contributed by atoms with Crippen molar-refractivity contribution in [2.45, 2.75) is 26.3 Å². The molecule has 5 nitrogen and oxygen atoms in total. The molecule has 1 aromatic carbocycles. The lowest BCUT2D eigenvalue weighted by Crippen LogP contribution is -2.39. The Bertz CT molecular complexity index is 691. The van der Waals surface area contributed by atoms with E-state index in [1.54, 1.807) is 24.3 Å². The highest BCUT2D eigenvalue weighted by Gasteiger charge is 2.15. The lowest BCUT2D eigenvalue weighted by Gasteiger charge is -2.18. The van der Waals surface area contributed by atoms with Gasteiger partial charge in [0, 0.05) is 5.39 Å². The van der Waals surface area contributed by atoms with E-state index in [1.165, 1.54) is 0 Å². The molecular formula is C16H20N2O3. The first kappa shape index (κ1) is 15.3. The average Bonchev–Trinajstić information content (AvgIpc) is 2.46. The van der Waals surface area contributed by atoms with Crippen LogP contribution in [0.15, 0.2) is 35.1 Å². The Hall–Kier alpha value is -2.14. The number of fused-ring (bicyclic) bond motifs is 1. The van der Waals surface area contributed by atoms with Crippen LogP contribution in [0.25, 0.3) is 10.8 Å². The van der Waals surface area contributed by atoms with Gasteiger partial charge < -0.3 is 15.4 Å². The van der Waals surface area contributed by atoms with Gasteiger partial charge in [-0.05, 0) is 29.9 Å². The fraction of sp³-hybridized carbons (Fsp3) is 0.375. The molecule has 3 N–H and O–H groups in total. The van der Waals surface area contributed by atoms with Gasteiger partial charge in [-0.2, -0.15) is 0 Å². The molecule has 1 atom stereocenters. The minimum Gasteiger partial charge on any atom is -0.394 e. The zero-order valence-electron chi connectivity index (χ0n) is 12.2. The number of amides is 1. The van der Waals surface area contributed by atoms with Crippen molar-refractivity contribution < 1.29 is 9.90 Å². The summed E-state index contributed by atoms with van der Waals surface area (Å²) in [5.41, 5.74) is -0.0800. The van der Waals surface area contributed by atoms with E-state index >= 15 is 0 Å². The smallest absolute Gasteiger partial charge is 0.268 e. The number of aliphatic hydroxyl groups excluding tert-OH is 1. The van der Waals surface area contributed by atoms with Crippen LogP contribution in [-0.2, 0) is 0 Å². The lowest BCUT2D eigenvalue weighted by atomic mass is 10.0. The standard InChI is InChI=1S/C16H20N2O3/c1-10(2)7-12(9-19)17-16(21)14-8-11-5-3-4-6-13(11)15(20)18-14/h3-6,8,10,12,19H,7,9H2,1-2H3,(H,17,21)(H,18,20). The number of hydrogen-bond donors (Lipinski definition) is 3. The minimum absolute atomic E-state index is 0.123. The quantitative estimate of drug-likeness (QED) is 0.782. The Kier molecular flexibility index (Phi) is 4.75. The predicted octanol–water partition coefficient (Wildman–Crippen LogP) is 1.66. The van der Waals surface area contributed by atoms with E-state index in [2.05, 4.69) is 10.3 Å². The van der Waals surface area contributed by atoms with E-state index in [0.29, 0.717) is 17.7 Å². The van der Waals surface area contributed by atoms with Crippen LogP contribution in [0.3, 0.4) is 0 Å². The second kappa shape index (κ2) is 6.54. The molecular weight excluding hydrogens is 268 g/mol. The average molecular weight is 288 g/mol. The molecule has 0 saturated heterocycles. The molecule has 0 aliphatic heterocycles. The number of carbonyl (C=O) groups excluding carboxylic acids is 1. The fourth-order valence-corrected chi connectivity index (χ4v) is 2.34. The number of aromatic nitrogens is 1. The summed E-state index contributed by atoms with van der Waals surface area (Å²) < 4.78 is 0. The molecule has 5 heteroatoms. The van der Waals surface area contributed by atoms with Crippen LogP contribution in [0.2, 0.25) is 0 Å². The van der Waals surface area contributed by atoms with E-state index in [4.69, 9.17) is 0 Å². The van der Waals surface area contributed by atoms with Gasteiger partial charge in [-0.1, -0.05) is 32.0 Å². The molecule has 0 fully saturated rings. The van der Waals surface area contributed by atoms with Crippen LogP contribution in [0.1, 0.15) is 30.8 Å². The number of pyridine rings is 1. The number of rotatable bonds is 5. The van der Waals surface area contributed by atoms with E-state index in [9.17, 15) is 14.7 Å². The van der Waals surface area contributed by atoms with Gasteiger partial charge in [-0.3, -0.25) is 9.59 Å². The molecule has 0 saturated carbocycles. The molecule has 0 aliphatic rings. The number of benzene rings is 1.